The molecule has 0 radical (unpaired) electrons. The lowest BCUT2D eigenvalue weighted by Crippen LogP contribution is -2.21. The Bertz CT molecular complexity index is 556. The fourth-order valence-corrected chi connectivity index (χ4v) is 2.49. The Morgan fingerprint density at radius 3 is 2.10 bits per heavy atom. The van der Waals surface area contributed by atoms with Gasteiger partial charge in [0.05, 0.1) is 0 Å². The summed E-state index contributed by atoms with van der Waals surface area (Å²) in [6.07, 6.45) is 1.37. The normalized spacial score (nSPS) is 10.4. The van der Waals surface area contributed by atoms with Crippen LogP contribution >= 0.6 is 0 Å². The second kappa shape index (κ2) is 7.63. The SMILES string of the molecule is CCN(CC)c1ccc(C(=O)CCc2ccccc2)cc1. The molecule has 110 valence electrons. The van der Waals surface area contributed by atoms with E-state index in [0.717, 1.165) is 25.1 Å². The van der Waals surface area contributed by atoms with Crippen molar-refractivity contribution in [1.82, 2.24) is 0 Å². The van der Waals surface area contributed by atoms with Gasteiger partial charge in [-0.1, -0.05) is 30.3 Å². The van der Waals surface area contributed by atoms with E-state index in [2.05, 4.69) is 30.9 Å². The molecule has 2 heteroatoms. The number of carbonyl (C=O) groups excluding carboxylic acids is 1. The van der Waals surface area contributed by atoms with E-state index in [1.807, 2.05) is 42.5 Å². The molecule has 0 spiro atoms. The van der Waals surface area contributed by atoms with Crippen molar-refractivity contribution in [2.75, 3.05) is 18.0 Å². The van der Waals surface area contributed by atoms with E-state index >= 15 is 0 Å². The Labute approximate surface area is 127 Å². The Kier molecular flexibility index (Phi) is 5.56. The largest absolute Gasteiger partial charge is 0.372 e. The molecular weight excluding hydrogens is 258 g/mol. The zero-order valence-corrected chi connectivity index (χ0v) is 12.9. The monoisotopic (exact) mass is 281 g/mol. The third-order valence-electron chi connectivity index (χ3n) is 3.80. The maximum atomic E-state index is 12.2. The number of hydrogen-bond acceptors (Lipinski definition) is 2. The van der Waals surface area contributed by atoms with Crippen LogP contribution in [0.4, 0.5) is 5.69 Å². The van der Waals surface area contributed by atoms with E-state index in [-0.39, 0.29) is 5.78 Å². The highest BCUT2D eigenvalue weighted by Crippen LogP contribution is 2.16. The Morgan fingerprint density at radius 1 is 0.905 bits per heavy atom. The number of ketones is 1. The molecule has 0 unspecified atom stereocenters. The summed E-state index contributed by atoms with van der Waals surface area (Å²) < 4.78 is 0. The molecule has 0 N–H and O–H groups in total. The lowest BCUT2D eigenvalue weighted by molar-refractivity contribution is 0.0983. The van der Waals surface area contributed by atoms with E-state index < -0.39 is 0 Å². The first-order valence-electron chi connectivity index (χ1n) is 7.66. The van der Waals surface area contributed by atoms with Crippen molar-refractivity contribution in [3.63, 3.8) is 0 Å². The summed E-state index contributed by atoms with van der Waals surface area (Å²) in [5.74, 6) is 0.213. The average Bonchev–Trinajstić information content (AvgIpc) is 2.55. The fourth-order valence-electron chi connectivity index (χ4n) is 2.49. The maximum absolute atomic E-state index is 12.2. The zero-order valence-electron chi connectivity index (χ0n) is 12.9. The van der Waals surface area contributed by atoms with Crippen molar-refractivity contribution < 1.29 is 4.79 Å². The minimum atomic E-state index is 0.213. The molecule has 0 saturated carbocycles. The van der Waals surface area contributed by atoms with Gasteiger partial charge in [0.15, 0.2) is 5.78 Å². The number of nitrogens with zero attached hydrogens (tertiary/aromatic N) is 1. The Hall–Kier alpha value is -2.09. The fraction of sp³-hybridized carbons (Fsp3) is 0.316. The van der Waals surface area contributed by atoms with Crippen LogP contribution in [0.2, 0.25) is 0 Å². The standard InChI is InChI=1S/C19H23NO/c1-3-20(4-2)18-13-11-17(12-14-18)19(21)15-10-16-8-6-5-7-9-16/h5-9,11-14H,3-4,10,15H2,1-2H3. The van der Waals surface area contributed by atoms with Crippen LogP contribution in [-0.2, 0) is 6.42 Å². The first kappa shape index (κ1) is 15.3. The van der Waals surface area contributed by atoms with Gasteiger partial charge in [-0.2, -0.15) is 0 Å². The van der Waals surface area contributed by atoms with Crippen LogP contribution in [0.1, 0.15) is 36.2 Å². The summed E-state index contributed by atoms with van der Waals surface area (Å²) >= 11 is 0. The van der Waals surface area contributed by atoms with E-state index in [1.54, 1.807) is 0 Å². The van der Waals surface area contributed by atoms with E-state index in [1.165, 1.54) is 11.3 Å². The summed E-state index contributed by atoms with van der Waals surface area (Å²) in [4.78, 5) is 14.5. The molecule has 0 heterocycles. The van der Waals surface area contributed by atoms with E-state index in [4.69, 9.17) is 0 Å². The van der Waals surface area contributed by atoms with Crippen LogP contribution in [0.25, 0.3) is 0 Å². The third-order valence-corrected chi connectivity index (χ3v) is 3.80. The molecule has 0 atom stereocenters. The van der Waals surface area contributed by atoms with Crippen molar-refractivity contribution in [2.45, 2.75) is 26.7 Å². The summed E-state index contributed by atoms with van der Waals surface area (Å²) in [5, 5.41) is 0. The number of hydrogen-bond donors (Lipinski definition) is 0. The van der Waals surface area contributed by atoms with Crippen LogP contribution in [-0.4, -0.2) is 18.9 Å². The number of rotatable bonds is 7. The molecule has 0 aromatic heterocycles. The van der Waals surface area contributed by atoms with Gasteiger partial charge in [-0.15, -0.1) is 0 Å². The molecule has 2 nitrogen and oxygen atoms in total. The van der Waals surface area contributed by atoms with Gasteiger partial charge in [0, 0.05) is 30.8 Å². The predicted octanol–water partition coefficient (Wildman–Crippen LogP) is 4.35. The first-order valence-corrected chi connectivity index (χ1v) is 7.66. The first-order chi connectivity index (χ1) is 10.2. The average molecular weight is 281 g/mol. The van der Waals surface area contributed by atoms with Crippen LogP contribution in [0.5, 0.6) is 0 Å². The quantitative estimate of drug-likeness (QED) is 0.703. The molecule has 0 aliphatic carbocycles. The van der Waals surface area contributed by atoms with Crippen LogP contribution < -0.4 is 4.90 Å². The van der Waals surface area contributed by atoms with Gasteiger partial charge in [0.1, 0.15) is 0 Å². The van der Waals surface area contributed by atoms with Gasteiger partial charge in [0.25, 0.3) is 0 Å². The van der Waals surface area contributed by atoms with Crippen molar-refractivity contribution in [1.29, 1.82) is 0 Å². The molecule has 21 heavy (non-hydrogen) atoms. The van der Waals surface area contributed by atoms with Crippen LogP contribution in [0.15, 0.2) is 54.6 Å². The zero-order chi connectivity index (χ0) is 15.1. The van der Waals surface area contributed by atoms with Gasteiger partial charge in [-0.3, -0.25) is 4.79 Å². The van der Waals surface area contributed by atoms with Gasteiger partial charge in [-0.25, -0.2) is 0 Å². The smallest absolute Gasteiger partial charge is 0.163 e. The number of aryl methyl sites for hydroxylation is 1. The molecule has 0 fully saturated rings. The van der Waals surface area contributed by atoms with Gasteiger partial charge >= 0.3 is 0 Å². The molecule has 0 bridgehead atoms. The summed E-state index contributed by atoms with van der Waals surface area (Å²) in [6.45, 7) is 6.25. The number of anilines is 1. The molecule has 0 aliphatic rings. The van der Waals surface area contributed by atoms with E-state index in [9.17, 15) is 4.79 Å². The lowest BCUT2D eigenvalue weighted by atomic mass is 10.0. The summed E-state index contributed by atoms with van der Waals surface area (Å²) in [5.41, 5.74) is 3.20. The minimum absolute atomic E-state index is 0.213. The van der Waals surface area contributed by atoms with Crippen molar-refractivity contribution in [3.05, 3.63) is 65.7 Å². The molecule has 2 aromatic rings. The highest BCUT2D eigenvalue weighted by molar-refractivity contribution is 5.96. The van der Waals surface area contributed by atoms with Gasteiger partial charge in [0.2, 0.25) is 0 Å². The third kappa shape index (κ3) is 4.19. The van der Waals surface area contributed by atoms with Crippen molar-refractivity contribution >= 4 is 11.5 Å². The Morgan fingerprint density at radius 2 is 1.52 bits per heavy atom. The lowest BCUT2D eigenvalue weighted by Gasteiger charge is -2.21. The highest BCUT2D eigenvalue weighted by atomic mass is 16.1. The molecule has 2 rings (SSSR count). The van der Waals surface area contributed by atoms with Crippen LogP contribution in [0.3, 0.4) is 0 Å². The van der Waals surface area contributed by atoms with Gasteiger partial charge < -0.3 is 4.90 Å². The summed E-state index contributed by atoms with van der Waals surface area (Å²) in [6, 6.07) is 18.1. The second-order valence-corrected chi connectivity index (χ2v) is 5.13. The molecule has 0 saturated heterocycles. The molecule has 0 amide bonds. The molecule has 2 aromatic carbocycles. The topological polar surface area (TPSA) is 20.3 Å². The van der Waals surface area contributed by atoms with Crippen molar-refractivity contribution in [3.8, 4) is 0 Å². The highest BCUT2D eigenvalue weighted by Gasteiger charge is 2.07. The molecule has 0 aliphatic heterocycles. The minimum Gasteiger partial charge on any atom is -0.372 e. The number of carbonyl (C=O) groups is 1. The van der Waals surface area contributed by atoms with Crippen LogP contribution in [0, 0.1) is 0 Å². The molecular formula is C19H23NO. The van der Waals surface area contributed by atoms with Gasteiger partial charge in [-0.05, 0) is 50.1 Å². The number of Topliss-reactive ketones (excluding diaryl/α,β-unsaturated/α-hetero) is 1. The van der Waals surface area contributed by atoms with Crippen molar-refractivity contribution in [2.24, 2.45) is 0 Å². The predicted molar refractivity (Wildman–Crippen MR) is 89.1 cm³/mol. The second-order valence-electron chi connectivity index (χ2n) is 5.13. The number of benzene rings is 2. The van der Waals surface area contributed by atoms with E-state index in [0.29, 0.717) is 6.42 Å². The maximum Gasteiger partial charge on any atom is 0.163 e. The summed E-state index contributed by atoms with van der Waals surface area (Å²) in [7, 11) is 0. The Balaban J connectivity index is 1.97.